The van der Waals surface area contributed by atoms with Gasteiger partial charge in [0.2, 0.25) is 0 Å². The van der Waals surface area contributed by atoms with Crippen molar-refractivity contribution in [3.8, 4) is 0 Å². The van der Waals surface area contributed by atoms with E-state index < -0.39 is 31.8 Å². The van der Waals surface area contributed by atoms with E-state index in [-0.39, 0.29) is 103 Å². The molecule has 0 N–H and O–H groups in total. The van der Waals surface area contributed by atoms with Gasteiger partial charge in [-0.25, -0.2) is 0 Å². The molecule has 0 unspecified atom stereocenters. The van der Waals surface area contributed by atoms with Crippen LogP contribution in [0.5, 0.6) is 0 Å². The summed E-state index contributed by atoms with van der Waals surface area (Å²) < 4.78 is 5.23. The molecule has 0 saturated heterocycles. The zero-order valence-corrected chi connectivity index (χ0v) is 30.6. The van der Waals surface area contributed by atoms with Crippen LogP contribution in [0.1, 0.15) is 0 Å². The van der Waals surface area contributed by atoms with Crippen molar-refractivity contribution < 1.29 is 135 Å². The van der Waals surface area contributed by atoms with Crippen LogP contribution < -0.4 is 108 Å². The number of hydrogen-bond donors (Lipinski definition) is 0. The molecule has 0 aliphatic heterocycles. The van der Waals surface area contributed by atoms with Gasteiger partial charge < -0.3 is 0 Å². The fraction of sp³-hybridized carbons (Fsp3) is 0. The average Bonchev–Trinajstić information content (AvgIpc) is 2.73. The summed E-state index contributed by atoms with van der Waals surface area (Å²) in [5.74, 6) is 0. The smallest absolute Gasteiger partial charge is 1.00 e. The van der Waals surface area contributed by atoms with Gasteiger partial charge in [-0.2, -0.15) is 0 Å². The van der Waals surface area contributed by atoms with E-state index >= 15 is 0 Å². The van der Waals surface area contributed by atoms with Gasteiger partial charge in [-0.1, -0.05) is 0 Å². The van der Waals surface area contributed by atoms with Crippen LogP contribution in [0.2, 0.25) is 20.1 Å². The first-order chi connectivity index (χ1) is 14.0. The molecule has 0 aromatic heterocycles. The molecule has 0 amide bonds. The molecule has 0 saturated carbocycles. The van der Waals surface area contributed by atoms with Crippen LogP contribution in [0.25, 0.3) is 0 Å². The van der Waals surface area contributed by atoms with Crippen molar-refractivity contribution in [1.82, 2.24) is 0 Å². The molecule has 4 rings (SSSR count). The molecule has 0 atom stereocenters. The van der Waals surface area contributed by atoms with Crippen LogP contribution in [0.3, 0.4) is 0 Å². The number of benzene rings is 4. The van der Waals surface area contributed by atoms with Gasteiger partial charge in [0.25, 0.3) is 0 Å². The van der Waals surface area contributed by atoms with Crippen molar-refractivity contribution in [3.63, 3.8) is 0 Å². The van der Waals surface area contributed by atoms with E-state index in [1.807, 2.05) is 48.5 Å². The molecule has 4 aromatic carbocycles. The molecule has 0 fully saturated rings. The van der Waals surface area contributed by atoms with Gasteiger partial charge in [0, 0.05) is 0 Å². The Hall–Kier alpha value is 2.64. The molecule has 0 aliphatic rings. The van der Waals surface area contributed by atoms with E-state index in [0.29, 0.717) is 0 Å². The second-order valence-electron chi connectivity index (χ2n) is 6.78. The molecule has 7 heteroatoms. The van der Waals surface area contributed by atoms with Gasteiger partial charge in [0.05, 0.1) is 0 Å². The fourth-order valence-electron chi connectivity index (χ4n) is 3.80. The molecule has 31 heavy (non-hydrogen) atoms. The summed E-state index contributed by atoms with van der Waals surface area (Å²) in [5, 5.41) is 2.89. The van der Waals surface area contributed by atoms with Crippen LogP contribution in [-0.4, -0.2) is 0 Å². The number of halogens is 4. The first kappa shape index (κ1) is 29.9. The zero-order valence-electron chi connectivity index (χ0n) is 17.2. The second-order valence-corrected chi connectivity index (χ2v) is 24.2. The van der Waals surface area contributed by atoms with Crippen LogP contribution >= 0.6 is 46.4 Å². The summed E-state index contributed by atoms with van der Waals surface area (Å²) in [5.41, 5.74) is 0. The first-order valence-electron chi connectivity index (χ1n) is 9.04. The Balaban J connectivity index is 0.00000171. The minimum Gasteiger partial charge on any atom is 1.00 e. The molecule has 0 nitrogen and oxygen atoms in total. The minimum atomic E-state index is -3.95. The summed E-state index contributed by atoms with van der Waals surface area (Å²) in [7, 11) is 0. The molecule has 0 bridgehead atoms. The van der Waals surface area contributed by atoms with E-state index in [2.05, 4.69) is 48.5 Å². The van der Waals surface area contributed by atoms with Crippen LogP contribution in [0.15, 0.2) is 97.1 Å². The summed E-state index contributed by atoms with van der Waals surface area (Å²) in [6.45, 7) is 0. The molecule has 0 aliphatic carbocycles. The Labute approximate surface area is 296 Å². The van der Waals surface area contributed by atoms with Crippen LogP contribution in [0.4, 0.5) is 0 Å². The Bertz CT molecular complexity index is 927. The molecule has 0 heterocycles. The van der Waals surface area contributed by atoms with Crippen molar-refractivity contribution in [1.29, 1.82) is 0 Å². The first-order valence-corrected chi connectivity index (χ1v) is 18.8. The third-order valence-corrected chi connectivity index (χ3v) is 25.8. The molecule has 146 valence electrons. The predicted molar refractivity (Wildman–Crippen MR) is 124 cm³/mol. The number of hydrogen-bond acceptors (Lipinski definition) is 0. The monoisotopic (exact) mass is 754 g/mol. The van der Waals surface area contributed by atoms with Crippen molar-refractivity contribution in [2.45, 2.75) is 0 Å². The van der Waals surface area contributed by atoms with Gasteiger partial charge in [0.15, 0.2) is 0 Å². The van der Waals surface area contributed by atoms with Crippen LogP contribution in [-0.2, 0) is 0 Å². The Morgan fingerprint density at radius 3 is 0.645 bits per heavy atom. The van der Waals surface area contributed by atoms with Crippen molar-refractivity contribution >= 4 is 51.8 Å². The van der Waals surface area contributed by atoms with E-state index in [9.17, 15) is 0 Å². The third kappa shape index (κ3) is 6.90. The molecule has 0 radical (unpaired) electrons. The topological polar surface area (TPSA) is 0 Å². The van der Waals surface area contributed by atoms with Gasteiger partial charge in [-0.15, -0.1) is 0 Å². The maximum absolute atomic E-state index is 6.24. The van der Waals surface area contributed by atoms with Gasteiger partial charge in [0.1, 0.15) is 0 Å². The fourth-order valence-corrected chi connectivity index (χ4v) is 23.5. The summed E-state index contributed by atoms with van der Waals surface area (Å²) >= 11 is 21.0. The third-order valence-electron chi connectivity index (χ3n) is 5.11. The SMILES string of the molecule is Clc1cc[c]([Th-2]([c]2ccc(Cl)cc2)([c]2ccc(Cl)cc2)[c]2ccc(Cl)cc2)cc1.[K+].[K+]. The van der Waals surface area contributed by atoms with E-state index in [1.165, 1.54) is 5.37 Å². The summed E-state index contributed by atoms with van der Waals surface area (Å²) in [6.07, 6.45) is 0. The Morgan fingerprint density at radius 1 is 0.323 bits per heavy atom. The molecule has 0 spiro atoms. The predicted octanol–water partition coefficient (Wildman–Crippen LogP) is 0.0664. The minimum absolute atomic E-state index is 0. The van der Waals surface area contributed by atoms with Crippen LogP contribution in [0, 0.1) is 31.8 Å². The maximum Gasteiger partial charge on any atom is 1.00 e. The Kier molecular flexibility index (Phi) is 13.3. The number of rotatable bonds is 4. The Morgan fingerprint density at radius 2 is 0.484 bits per heavy atom. The zero-order chi connectivity index (χ0) is 20.4. The summed E-state index contributed by atoms with van der Waals surface area (Å²) in [6, 6.07) is 33.0. The van der Waals surface area contributed by atoms with Crippen molar-refractivity contribution in [2.75, 3.05) is 0 Å². The second kappa shape index (κ2) is 13.8. The van der Waals surface area contributed by atoms with Gasteiger partial charge in [-0.05, 0) is 0 Å². The van der Waals surface area contributed by atoms with Gasteiger partial charge >= 0.3 is 304 Å². The quantitative estimate of drug-likeness (QED) is 0.259. The molecular weight excluding hydrogens is 740 g/mol. The molecule has 4 aromatic rings. The maximum atomic E-state index is 6.24. The normalized spacial score (nSPS) is 10.7. The van der Waals surface area contributed by atoms with E-state index in [0.717, 1.165) is 20.1 Å². The largest absolute Gasteiger partial charge is 1.00 e. The molecular formula is C24H16Cl4K2Th. The van der Waals surface area contributed by atoms with Crippen molar-refractivity contribution in [3.05, 3.63) is 117 Å². The van der Waals surface area contributed by atoms with Gasteiger partial charge in [-0.3, -0.25) is 0 Å². The van der Waals surface area contributed by atoms with E-state index in [1.54, 1.807) is 0 Å². The average molecular weight is 756 g/mol. The van der Waals surface area contributed by atoms with Crippen molar-refractivity contribution in [2.24, 2.45) is 0 Å². The van der Waals surface area contributed by atoms with E-state index in [4.69, 9.17) is 46.4 Å². The summed E-state index contributed by atoms with van der Waals surface area (Å²) in [4.78, 5) is 0. The standard InChI is InChI=1S/4C6H4Cl.2K.Th/c4*7-6-4-2-1-3-5-6;;;/h4*2-5H;;;/q;;;;2*+1;-2.